The number of rotatable bonds is 9. The van der Waals surface area contributed by atoms with Gasteiger partial charge in [-0.2, -0.15) is 0 Å². The molecule has 0 radical (unpaired) electrons. The van der Waals surface area contributed by atoms with Gasteiger partial charge in [0.2, 0.25) is 0 Å². The van der Waals surface area contributed by atoms with Crippen LogP contribution in [0.5, 0.6) is 0 Å². The van der Waals surface area contributed by atoms with Gasteiger partial charge in [-0.05, 0) is 6.42 Å². The largest absolute Gasteiger partial charge is 0.552 e. The number of hydrogen-bond acceptors (Lipinski definition) is 6. The molecule has 0 unspecified atom stereocenters. The molecule has 0 aliphatic heterocycles. The summed E-state index contributed by atoms with van der Waals surface area (Å²) in [7, 11) is 8.31. The number of unbranched alkanes of at least 4 members (excludes halogenated alkanes) is 1. The van der Waals surface area contributed by atoms with Crippen LogP contribution in [0.3, 0.4) is 0 Å². The average Bonchev–Trinajstić information content (AvgIpc) is 2.11. The maximum Gasteiger partial charge on any atom is 0.552 e. The molecule has 0 saturated heterocycles. The van der Waals surface area contributed by atoms with Crippen molar-refractivity contribution in [1.82, 2.24) is 15.2 Å². The van der Waals surface area contributed by atoms with Gasteiger partial charge in [0, 0.05) is 48.3 Å². The summed E-state index contributed by atoms with van der Waals surface area (Å²) in [5.74, 6) is 0. The molecular formula is C10H27N3O3Si. The summed E-state index contributed by atoms with van der Waals surface area (Å²) >= 11 is 0. The lowest BCUT2D eigenvalue weighted by molar-refractivity contribution is -0.193. The lowest BCUT2D eigenvalue weighted by Crippen LogP contribution is -2.54. The first-order valence-electron chi connectivity index (χ1n) is 5.90. The molecule has 6 nitrogen and oxygen atoms in total. The van der Waals surface area contributed by atoms with Crippen LogP contribution in [0.1, 0.15) is 19.8 Å². The van der Waals surface area contributed by atoms with E-state index in [4.69, 9.17) is 13.6 Å². The zero-order valence-electron chi connectivity index (χ0n) is 12.2. The van der Waals surface area contributed by atoms with Crippen LogP contribution in [0.15, 0.2) is 0 Å². The highest BCUT2D eigenvalue weighted by Gasteiger charge is 2.45. The van der Waals surface area contributed by atoms with Gasteiger partial charge in [-0.15, -0.1) is 0 Å². The number of hydrogen-bond donors (Lipinski definition) is 0. The van der Waals surface area contributed by atoms with Crippen molar-refractivity contribution in [3.8, 4) is 0 Å². The smallest absolute Gasteiger partial charge is 0.284 e. The van der Waals surface area contributed by atoms with E-state index in [0.717, 1.165) is 18.9 Å². The van der Waals surface area contributed by atoms with Crippen molar-refractivity contribution in [2.75, 3.05) is 42.3 Å². The van der Waals surface area contributed by atoms with Crippen LogP contribution in [-0.2, 0) is 13.6 Å². The third kappa shape index (κ3) is 7.82. The van der Waals surface area contributed by atoms with E-state index in [9.17, 15) is 0 Å². The van der Waals surface area contributed by atoms with Crippen molar-refractivity contribution in [3.05, 3.63) is 0 Å². The standard InChI is InChI=1S/C10H27N3O3Si/c1-8-9-10-17(14-11(2)3,15-12(4)5)16-13(6)7/h8-10H2,1-7H3. The van der Waals surface area contributed by atoms with Crippen LogP contribution in [0, 0.1) is 0 Å². The Labute approximate surface area is 106 Å². The highest BCUT2D eigenvalue weighted by Crippen LogP contribution is 2.21. The summed E-state index contributed by atoms with van der Waals surface area (Å²) in [5, 5.41) is 4.94. The minimum atomic E-state index is -2.73. The minimum absolute atomic E-state index is 0.790. The molecule has 0 aromatic heterocycles. The molecule has 0 saturated carbocycles. The molecule has 0 fully saturated rings. The summed E-state index contributed by atoms with van der Waals surface area (Å²) in [6.45, 7) is 2.14. The van der Waals surface area contributed by atoms with Gasteiger partial charge in [0.25, 0.3) is 0 Å². The van der Waals surface area contributed by atoms with Gasteiger partial charge in [-0.1, -0.05) is 13.3 Å². The molecule has 0 N–H and O–H groups in total. The van der Waals surface area contributed by atoms with E-state index in [1.807, 2.05) is 42.3 Å². The van der Waals surface area contributed by atoms with Gasteiger partial charge in [0.1, 0.15) is 0 Å². The molecule has 0 rings (SSSR count). The van der Waals surface area contributed by atoms with Crippen molar-refractivity contribution >= 4 is 8.80 Å². The normalized spacial score (nSPS) is 13.1. The van der Waals surface area contributed by atoms with Crippen molar-refractivity contribution in [2.45, 2.75) is 25.8 Å². The highest BCUT2D eigenvalue weighted by atomic mass is 28.4. The Morgan fingerprint density at radius 2 is 1.12 bits per heavy atom. The van der Waals surface area contributed by atoms with Crippen LogP contribution >= 0.6 is 0 Å². The van der Waals surface area contributed by atoms with E-state index in [-0.39, 0.29) is 0 Å². The van der Waals surface area contributed by atoms with Gasteiger partial charge < -0.3 is 0 Å². The van der Waals surface area contributed by atoms with Crippen molar-refractivity contribution in [1.29, 1.82) is 0 Å². The molecule has 0 atom stereocenters. The van der Waals surface area contributed by atoms with Crippen LogP contribution in [0.2, 0.25) is 6.04 Å². The predicted octanol–water partition coefficient (Wildman–Crippen LogP) is 1.20. The Morgan fingerprint density at radius 3 is 1.35 bits per heavy atom. The van der Waals surface area contributed by atoms with E-state index in [1.165, 1.54) is 0 Å². The highest BCUT2D eigenvalue weighted by molar-refractivity contribution is 6.60. The fourth-order valence-corrected chi connectivity index (χ4v) is 4.24. The summed E-state index contributed by atoms with van der Waals surface area (Å²) in [6, 6.07) is 0.790. The van der Waals surface area contributed by atoms with E-state index >= 15 is 0 Å². The van der Waals surface area contributed by atoms with E-state index < -0.39 is 8.80 Å². The van der Waals surface area contributed by atoms with Gasteiger partial charge in [-0.3, -0.25) is 13.6 Å². The molecule has 17 heavy (non-hydrogen) atoms. The van der Waals surface area contributed by atoms with Crippen LogP contribution < -0.4 is 0 Å². The monoisotopic (exact) mass is 265 g/mol. The van der Waals surface area contributed by atoms with Crippen molar-refractivity contribution in [3.63, 3.8) is 0 Å². The summed E-state index contributed by atoms with van der Waals surface area (Å²) < 4.78 is 17.4. The quantitative estimate of drug-likeness (QED) is 0.461. The lowest BCUT2D eigenvalue weighted by Gasteiger charge is -2.34. The Morgan fingerprint density at radius 1 is 0.765 bits per heavy atom. The van der Waals surface area contributed by atoms with Gasteiger partial charge in [0.15, 0.2) is 0 Å². The molecule has 0 aromatic carbocycles. The summed E-state index contributed by atoms with van der Waals surface area (Å²) in [4.78, 5) is 0. The topological polar surface area (TPSA) is 37.4 Å². The second-order valence-electron chi connectivity index (χ2n) is 4.50. The van der Waals surface area contributed by atoms with Crippen molar-refractivity contribution in [2.24, 2.45) is 0 Å². The Hall–Kier alpha value is -0.0231. The Bertz CT molecular complexity index is 177. The number of nitrogens with zero attached hydrogens (tertiary/aromatic N) is 3. The molecule has 0 bridgehead atoms. The second kappa shape index (κ2) is 8.14. The summed E-state index contributed by atoms with van der Waals surface area (Å²) in [6.07, 6.45) is 2.10. The minimum Gasteiger partial charge on any atom is -0.284 e. The fraction of sp³-hybridized carbons (Fsp3) is 1.00. The molecule has 0 amide bonds. The molecule has 0 spiro atoms. The van der Waals surface area contributed by atoms with Crippen LogP contribution in [0.25, 0.3) is 0 Å². The zero-order chi connectivity index (χ0) is 13.5. The molecule has 0 aliphatic carbocycles. The first-order chi connectivity index (χ1) is 7.81. The maximum absolute atomic E-state index is 5.81. The first kappa shape index (κ1) is 17.0. The third-order valence-electron chi connectivity index (χ3n) is 1.80. The van der Waals surface area contributed by atoms with E-state index in [0.29, 0.717) is 0 Å². The van der Waals surface area contributed by atoms with E-state index in [2.05, 4.69) is 6.92 Å². The molecule has 0 heterocycles. The molecular weight excluding hydrogens is 238 g/mol. The predicted molar refractivity (Wildman–Crippen MR) is 69.8 cm³/mol. The molecule has 104 valence electrons. The van der Waals surface area contributed by atoms with Gasteiger partial charge in [-0.25, -0.2) is 15.2 Å². The van der Waals surface area contributed by atoms with Crippen LogP contribution in [0.4, 0.5) is 0 Å². The van der Waals surface area contributed by atoms with Gasteiger partial charge >= 0.3 is 8.80 Å². The second-order valence-corrected chi connectivity index (χ2v) is 6.91. The summed E-state index contributed by atoms with van der Waals surface area (Å²) in [5.41, 5.74) is 0. The van der Waals surface area contributed by atoms with Gasteiger partial charge in [0.05, 0.1) is 0 Å². The molecule has 0 aliphatic rings. The van der Waals surface area contributed by atoms with E-state index in [1.54, 1.807) is 15.2 Å². The van der Waals surface area contributed by atoms with Crippen molar-refractivity contribution < 1.29 is 13.6 Å². The lowest BCUT2D eigenvalue weighted by atomic mass is 10.4. The Balaban J connectivity index is 4.76. The Kier molecular flexibility index (Phi) is 8.13. The average molecular weight is 265 g/mol. The fourth-order valence-electron chi connectivity index (χ4n) is 1.41. The first-order valence-corrected chi connectivity index (χ1v) is 7.84. The molecule has 0 aromatic rings. The third-order valence-corrected chi connectivity index (χ3v) is 4.70. The number of hydroxylamine groups is 6. The SMILES string of the molecule is CCCC[Si](ON(C)C)(ON(C)C)ON(C)C. The zero-order valence-corrected chi connectivity index (χ0v) is 13.2. The van der Waals surface area contributed by atoms with Crippen LogP contribution in [-0.4, -0.2) is 66.3 Å². The molecule has 7 heteroatoms. The maximum atomic E-state index is 5.81.